The van der Waals surface area contributed by atoms with Gasteiger partial charge in [0.1, 0.15) is 5.52 Å². The number of nitro groups is 1. The van der Waals surface area contributed by atoms with Crippen LogP contribution < -0.4 is 4.90 Å². The van der Waals surface area contributed by atoms with Crippen LogP contribution in [-0.4, -0.2) is 46.9 Å². The molecule has 1 amide bonds. The van der Waals surface area contributed by atoms with Crippen LogP contribution in [0, 0.1) is 16.0 Å². The summed E-state index contributed by atoms with van der Waals surface area (Å²) < 4.78 is 5.94. The van der Waals surface area contributed by atoms with Gasteiger partial charge in [-0.15, -0.1) is 0 Å². The molecule has 2 aromatic carbocycles. The van der Waals surface area contributed by atoms with Gasteiger partial charge in [0.25, 0.3) is 11.6 Å². The van der Waals surface area contributed by atoms with E-state index in [1.807, 2.05) is 29.2 Å². The number of hydrogen-bond donors (Lipinski definition) is 0. The summed E-state index contributed by atoms with van der Waals surface area (Å²) in [5, 5.41) is 11.4. The monoisotopic (exact) mass is 448 g/mol. The third-order valence-electron chi connectivity index (χ3n) is 6.99. The zero-order chi connectivity index (χ0) is 22.9. The molecule has 172 valence electrons. The van der Waals surface area contributed by atoms with Crippen LogP contribution in [0.25, 0.3) is 11.1 Å². The number of likely N-dealkylation sites (tertiary alicyclic amines) is 1. The topological polar surface area (TPSA) is 92.7 Å². The Morgan fingerprint density at radius 1 is 1.06 bits per heavy atom. The number of non-ortho nitro benzene ring substituents is 1. The molecule has 0 atom stereocenters. The molecule has 2 fully saturated rings. The Labute approximate surface area is 192 Å². The first kappa shape index (κ1) is 21.4. The molecule has 0 aliphatic carbocycles. The van der Waals surface area contributed by atoms with Crippen LogP contribution in [0.4, 0.5) is 11.4 Å². The van der Waals surface area contributed by atoms with Crippen molar-refractivity contribution < 1.29 is 14.1 Å². The van der Waals surface area contributed by atoms with Crippen LogP contribution in [0.1, 0.15) is 54.8 Å². The average Bonchev–Trinajstić information content (AvgIpc) is 3.28. The van der Waals surface area contributed by atoms with Crippen molar-refractivity contribution >= 4 is 28.4 Å². The van der Waals surface area contributed by atoms with Gasteiger partial charge in [-0.2, -0.15) is 0 Å². The zero-order valence-electron chi connectivity index (χ0n) is 18.8. The van der Waals surface area contributed by atoms with Crippen LogP contribution in [0.2, 0.25) is 0 Å². The van der Waals surface area contributed by atoms with Crippen LogP contribution >= 0.6 is 0 Å². The standard InChI is InChI=1S/C25H28N4O4/c1-17-8-12-27(13-9-17)22-7-6-19(29(31)32)16-20(22)25(30)28-14-10-18(11-15-28)24-26-21-4-2-3-5-23(21)33-24/h2-7,16-18H,8-15H2,1H3. The molecule has 0 N–H and O–H groups in total. The molecular weight excluding hydrogens is 420 g/mol. The van der Waals surface area contributed by atoms with E-state index in [9.17, 15) is 14.9 Å². The van der Waals surface area contributed by atoms with Crippen molar-refractivity contribution in [2.24, 2.45) is 5.92 Å². The molecular formula is C25H28N4O4. The molecule has 2 aliphatic rings. The number of rotatable bonds is 4. The zero-order valence-corrected chi connectivity index (χ0v) is 18.8. The van der Waals surface area contributed by atoms with E-state index in [0.29, 0.717) is 24.6 Å². The lowest BCUT2D eigenvalue weighted by molar-refractivity contribution is -0.384. The number of hydrogen-bond acceptors (Lipinski definition) is 6. The fraction of sp³-hybridized carbons (Fsp3) is 0.440. The highest BCUT2D eigenvalue weighted by atomic mass is 16.6. The third-order valence-corrected chi connectivity index (χ3v) is 6.99. The second kappa shape index (κ2) is 8.84. The van der Waals surface area contributed by atoms with Gasteiger partial charge in [0.05, 0.1) is 16.2 Å². The molecule has 3 heterocycles. The molecule has 0 radical (unpaired) electrons. The molecule has 8 heteroatoms. The van der Waals surface area contributed by atoms with Crippen LogP contribution in [0.5, 0.6) is 0 Å². The predicted octanol–water partition coefficient (Wildman–Crippen LogP) is 4.99. The Morgan fingerprint density at radius 3 is 2.48 bits per heavy atom. The number of nitrogens with zero attached hydrogens (tertiary/aromatic N) is 4. The fourth-order valence-corrected chi connectivity index (χ4v) is 4.90. The largest absolute Gasteiger partial charge is 0.440 e. The number of carbonyl (C=O) groups is 1. The van der Waals surface area contributed by atoms with Gasteiger partial charge in [-0.05, 0) is 49.8 Å². The van der Waals surface area contributed by atoms with Crippen molar-refractivity contribution in [2.45, 2.75) is 38.5 Å². The lowest BCUT2D eigenvalue weighted by atomic mass is 9.95. The van der Waals surface area contributed by atoms with E-state index in [4.69, 9.17) is 4.42 Å². The van der Waals surface area contributed by atoms with Gasteiger partial charge in [0.2, 0.25) is 0 Å². The van der Waals surface area contributed by atoms with Crippen molar-refractivity contribution in [1.82, 2.24) is 9.88 Å². The number of oxazole rings is 1. The highest BCUT2D eigenvalue weighted by Crippen LogP contribution is 2.33. The number of fused-ring (bicyclic) bond motifs is 1. The van der Waals surface area contributed by atoms with E-state index in [1.165, 1.54) is 12.1 Å². The molecule has 1 aromatic heterocycles. The maximum atomic E-state index is 13.5. The summed E-state index contributed by atoms with van der Waals surface area (Å²) in [7, 11) is 0. The molecule has 5 rings (SSSR count). The fourth-order valence-electron chi connectivity index (χ4n) is 4.90. The smallest absolute Gasteiger partial charge is 0.270 e. The Balaban J connectivity index is 1.34. The summed E-state index contributed by atoms with van der Waals surface area (Å²) in [5.74, 6) is 1.41. The van der Waals surface area contributed by atoms with Gasteiger partial charge in [-0.3, -0.25) is 14.9 Å². The minimum Gasteiger partial charge on any atom is -0.440 e. The van der Waals surface area contributed by atoms with Gasteiger partial charge >= 0.3 is 0 Å². The summed E-state index contributed by atoms with van der Waals surface area (Å²) in [4.78, 5) is 33.1. The van der Waals surface area contributed by atoms with E-state index in [1.54, 1.807) is 6.07 Å². The van der Waals surface area contributed by atoms with Gasteiger partial charge in [-0.25, -0.2) is 4.98 Å². The summed E-state index contributed by atoms with van der Waals surface area (Å²) in [6.07, 6.45) is 3.62. The van der Waals surface area contributed by atoms with E-state index >= 15 is 0 Å². The van der Waals surface area contributed by atoms with E-state index in [0.717, 1.165) is 61.5 Å². The number of aromatic nitrogens is 1. The Morgan fingerprint density at radius 2 is 1.79 bits per heavy atom. The Bertz CT molecular complexity index is 1140. The number of nitro benzene ring substituents is 1. The minimum absolute atomic E-state index is 0.0474. The summed E-state index contributed by atoms with van der Waals surface area (Å²) in [6.45, 7) is 5.10. The molecule has 3 aromatic rings. The molecule has 8 nitrogen and oxygen atoms in total. The molecule has 0 unspecified atom stereocenters. The summed E-state index contributed by atoms with van der Waals surface area (Å²) >= 11 is 0. The lowest BCUT2D eigenvalue weighted by Crippen LogP contribution is -2.40. The molecule has 0 saturated carbocycles. The number of carbonyl (C=O) groups excluding carboxylic acids is 1. The Kier molecular flexibility index (Phi) is 5.74. The second-order valence-corrected chi connectivity index (χ2v) is 9.21. The van der Waals surface area contributed by atoms with E-state index in [2.05, 4.69) is 16.8 Å². The van der Waals surface area contributed by atoms with Gasteiger partial charge in [-0.1, -0.05) is 19.1 Å². The maximum absolute atomic E-state index is 13.5. The molecule has 0 bridgehead atoms. The number of anilines is 1. The highest BCUT2D eigenvalue weighted by Gasteiger charge is 2.31. The molecule has 2 aliphatic heterocycles. The first-order chi connectivity index (χ1) is 16.0. The normalized spacial score (nSPS) is 18.1. The van der Waals surface area contributed by atoms with E-state index in [-0.39, 0.29) is 17.5 Å². The quantitative estimate of drug-likeness (QED) is 0.412. The van der Waals surface area contributed by atoms with Gasteiger partial charge in [0, 0.05) is 44.2 Å². The van der Waals surface area contributed by atoms with E-state index < -0.39 is 4.92 Å². The van der Waals surface area contributed by atoms with Crippen LogP contribution in [0.15, 0.2) is 46.9 Å². The predicted molar refractivity (Wildman–Crippen MR) is 126 cm³/mol. The van der Waals surface area contributed by atoms with Crippen molar-refractivity contribution in [2.75, 3.05) is 31.1 Å². The number of amides is 1. The minimum atomic E-state index is -0.432. The first-order valence-electron chi connectivity index (χ1n) is 11.7. The number of benzene rings is 2. The van der Waals surface area contributed by atoms with Crippen molar-refractivity contribution in [1.29, 1.82) is 0 Å². The average molecular weight is 449 g/mol. The highest BCUT2D eigenvalue weighted by molar-refractivity contribution is 6.00. The SMILES string of the molecule is CC1CCN(c2ccc([N+](=O)[O-])cc2C(=O)N2CCC(c3nc4ccccc4o3)CC2)CC1. The molecule has 0 spiro atoms. The van der Waals surface area contributed by atoms with Crippen molar-refractivity contribution in [3.8, 4) is 0 Å². The first-order valence-corrected chi connectivity index (χ1v) is 11.7. The summed E-state index contributed by atoms with van der Waals surface area (Å²) in [6, 6.07) is 12.4. The van der Waals surface area contributed by atoms with Crippen LogP contribution in [-0.2, 0) is 0 Å². The van der Waals surface area contributed by atoms with Gasteiger partial charge < -0.3 is 14.2 Å². The Hall–Kier alpha value is -3.42. The third kappa shape index (κ3) is 4.29. The number of para-hydroxylation sites is 2. The maximum Gasteiger partial charge on any atom is 0.270 e. The van der Waals surface area contributed by atoms with Crippen molar-refractivity contribution in [3.63, 3.8) is 0 Å². The summed E-state index contributed by atoms with van der Waals surface area (Å²) in [5.41, 5.74) is 2.82. The number of piperidine rings is 2. The second-order valence-electron chi connectivity index (χ2n) is 9.21. The van der Waals surface area contributed by atoms with Crippen LogP contribution in [0.3, 0.4) is 0 Å². The van der Waals surface area contributed by atoms with Crippen molar-refractivity contribution in [3.05, 3.63) is 64.0 Å². The van der Waals surface area contributed by atoms with Gasteiger partial charge in [0.15, 0.2) is 11.5 Å². The lowest BCUT2D eigenvalue weighted by Gasteiger charge is -2.35. The molecule has 2 saturated heterocycles. The molecule has 33 heavy (non-hydrogen) atoms.